The molecule has 1 fully saturated rings. The lowest BCUT2D eigenvalue weighted by atomic mass is 10.1. The summed E-state index contributed by atoms with van der Waals surface area (Å²) in [4.78, 5) is 29.4. The molecule has 0 spiro atoms. The second kappa shape index (κ2) is 6.48. The van der Waals surface area contributed by atoms with Gasteiger partial charge in [-0.25, -0.2) is 0 Å². The molecule has 1 unspecified atom stereocenters. The third-order valence-electron chi connectivity index (χ3n) is 3.86. The van der Waals surface area contributed by atoms with Crippen LogP contribution in [0.3, 0.4) is 0 Å². The first-order chi connectivity index (χ1) is 10.6. The summed E-state index contributed by atoms with van der Waals surface area (Å²) in [5.41, 5.74) is 2.05. The van der Waals surface area contributed by atoms with Crippen molar-refractivity contribution in [2.45, 2.75) is 19.9 Å². The molecule has 1 saturated heterocycles. The zero-order valence-electron chi connectivity index (χ0n) is 12.5. The Morgan fingerprint density at radius 3 is 3.09 bits per heavy atom. The summed E-state index contributed by atoms with van der Waals surface area (Å²) in [6.07, 6.45) is 2.33. The summed E-state index contributed by atoms with van der Waals surface area (Å²) < 4.78 is 0. The number of carbonyl (C=O) groups is 2. The highest BCUT2D eigenvalue weighted by Gasteiger charge is 2.29. The number of amides is 1. The van der Waals surface area contributed by atoms with Gasteiger partial charge in [-0.15, -0.1) is 0 Å². The topological polar surface area (TPSA) is 50.3 Å². The summed E-state index contributed by atoms with van der Waals surface area (Å²) in [5, 5.41) is 1.22. The van der Waals surface area contributed by atoms with E-state index in [-0.39, 0.29) is 16.9 Å². The summed E-state index contributed by atoms with van der Waals surface area (Å²) in [7, 11) is 0. The van der Waals surface area contributed by atoms with Gasteiger partial charge >= 0.3 is 0 Å². The van der Waals surface area contributed by atoms with Crippen molar-refractivity contribution < 1.29 is 9.59 Å². The van der Waals surface area contributed by atoms with Crippen LogP contribution in [-0.2, 0) is 16.1 Å². The molecule has 0 bridgehead atoms. The van der Waals surface area contributed by atoms with E-state index in [4.69, 9.17) is 0 Å². The fraction of sp³-hybridized carbons (Fsp3) is 0.353. The third-order valence-corrected chi connectivity index (χ3v) is 4.91. The SMILES string of the molecule is CC(=O)SCC1CC(=O)N(Cc2ccc3cccnc3c2)C1. The maximum atomic E-state index is 12.1. The van der Waals surface area contributed by atoms with Crippen LogP contribution >= 0.6 is 11.8 Å². The maximum Gasteiger partial charge on any atom is 0.223 e. The van der Waals surface area contributed by atoms with E-state index in [2.05, 4.69) is 11.1 Å². The average molecular weight is 314 g/mol. The van der Waals surface area contributed by atoms with Crippen LogP contribution in [-0.4, -0.2) is 33.2 Å². The number of carbonyl (C=O) groups excluding carboxylic acids is 2. The van der Waals surface area contributed by atoms with E-state index in [1.807, 2.05) is 29.2 Å². The molecule has 1 amide bonds. The zero-order chi connectivity index (χ0) is 15.5. The number of pyridine rings is 1. The van der Waals surface area contributed by atoms with Crippen molar-refractivity contribution in [1.29, 1.82) is 0 Å². The molecule has 1 aliphatic heterocycles. The fourth-order valence-corrected chi connectivity index (χ4v) is 3.48. The van der Waals surface area contributed by atoms with E-state index in [1.165, 1.54) is 11.8 Å². The van der Waals surface area contributed by atoms with Gasteiger partial charge in [-0.05, 0) is 23.6 Å². The highest BCUT2D eigenvalue weighted by molar-refractivity contribution is 8.13. The van der Waals surface area contributed by atoms with E-state index >= 15 is 0 Å². The minimum Gasteiger partial charge on any atom is -0.338 e. The molecule has 1 aromatic heterocycles. The molecule has 4 nitrogen and oxygen atoms in total. The van der Waals surface area contributed by atoms with Crippen LogP contribution in [0.25, 0.3) is 10.9 Å². The van der Waals surface area contributed by atoms with Crippen molar-refractivity contribution in [1.82, 2.24) is 9.88 Å². The van der Waals surface area contributed by atoms with Gasteiger partial charge in [0.1, 0.15) is 0 Å². The number of benzene rings is 1. The number of rotatable bonds is 4. The summed E-state index contributed by atoms with van der Waals surface area (Å²) in [5.74, 6) is 1.19. The number of nitrogens with zero attached hydrogens (tertiary/aromatic N) is 2. The maximum absolute atomic E-state index is 12.1. The molecule has 1 aliphatic rings. The number of aromatic nitrogens is 1. The lowest BCUT2D eigenvalue weighted by Crippen LogP contribution is -2.24. The predicted octanol–water partition coefficient (Wildman–Crippen LogP) is 2.86. The lowest BCUT2D eigenvalue weighted by Gasteiger charge is -2.17. The molecule has 5 heteroatoms. The van der Waals surface area contributed by atoms with E-state index < -0.39 is 0 Å². The van der Waals surface area contributed by atoms with E-state index in [0.717, 1.165) is 28.8 Å². The number of thioether (sulfide) groups is 1. The molecule has 2 aromatic rings. The average Bonchev–Trinajstić information content (AvgIpc) is 2.85. The summed E-state index contributed by atoms with van der Waals surface area (Å²) in [6, 6.07) is 10.1. The fourth-order valence-electron chi connectivity index (χ4n) is 2.78. The van der Waals surface area contributed by atoms with Gasteiger partial charge < -0.3 is 4.90 Å². The van der Waals surface area contributed by atoms with Crippen molar-refractivity contribution in [3.63, 3.8) is 0 Å². The Bertz CT molecular complexity index is 717. The van der Waals surface area contributed by atoms with Crippen LogP contribution < -0.4 is 0 Å². The minimum absolute atomic E-state index is 0.117. The van der Waals surface area contributed by atoms with Gasteiger partial charge in [0.05, 0.1) is 5.52 Å². The molecule has 0 N–H and O–H groups in total. The molecular weight excluding hydrogens is 296 g/mol. The Hall–Kier alpha value is -1.88. The van der Waals surface area contributed by atoms with Gasteiger partial charge in [-0.3, -0.25) is 14.6 Å². The van der Waals surface area contributed by atoms with Crippen LogP contribution in [0.1, 0.15) is 18.9 Å². The number of hydrogen-bond donors (Lipinski definition) is 0. The van der Waals surface area contributed by atoms with E-state index in [1.54, 1.807) is 13.1 Å². The van der Waals surface area contributed by atoms with Crippen molar-refractivity contribution in [3.8, 4) is 0 Å². The second-order valence-corrected chi connectivity index (χ2v) is 6.87. The first-order valence-corrected chi connectivity index (χ1v) is 8.35. The molecule has 3 rings (SSSR count). The first-order valence-electron chi connectivity index (χ1n) is 7.36. The second-order valence-electron chi connectivity index (χ2n) is 5.68. The Kier molecular flexibility index (Phi) is 4.43. The largest absolute Gasteiger partial charge is 0.338 e. The summed E-state index contributed by atoms with van der Waals surface area (Å²) in [6.45, 7) is 2.92. The molecular formula is C17H18N2O2S. The smallest absolute Gasteiger partial charge is 0.223 e. The van der Waals surface area contributed by atoms with Gasteiger partial charge in [0, 0.05) is 43.8 Å². The molecule has 0 saturated carbocycles. The molecule has 1 atom stereocenters. The number of hydrogen-bond acceptors (Lipinski definition) is 4. The molecule has 0 aliphatic carbocycles. The van der Waals surface area contributed by atoms with Crippen LogP contribution in [0, 0.1) is 5.92 Å². The molecule has 2 heterocycles. The molecule has 22 heavy (non-hydrogen) atoms. The normalized spacial score (nSPS) is 18.1. The number of likely N-dealkylation sites (tertiary alicyclic amines) is 1. The Morgan fingerprint density at radius 2 is 2.27 bits per heavy atom. The van der Waals surface area contributed by atoms with E-state index in [9.17, 15) is 9.59 Å². The highest BCUT2D eigenvalue weighted by atomic mass is 32.2. The molecule has 1 aromatic carbocycles. The quantitative estimate of drug-likeness (QED) is 0.871. The molecule has 114 valence electrons. The van der Waals surface area contributed by atoms with Crippen molar-refractivity contribution in [3.05, 3.63) is 42.1 Å². The van der Waals surface area contributed by atoms with Gasteiger partial charge in [0.15, 0.2) is 5.12 Å². The Labute approximate surface area is 133 Å². The third kappa shape index (κ3) is 3.47. The first kappa shape index (κ1) is 15.0. The van der Waals surface area contributed by atoms with Gasteiger partial charge in [0.25, 0.3) is 0 Å². The van der Waals surface area contributed by atoms with Crippen LogP contribution in [0.2, 0.25) is 0 Å². The van der Waals surface area contributed by atoms with Crippen molar-refractivity contribution in [2.24, 2.45) is 5.92 Å². The van der Waals surface area contributed by atoms with Crippen LogP contribution in [0.5, 0.6) is 0 Å². The zero-order valence-corrected chi connectivity index (χ0v) is 13.3. The lowest BCUT2D eigenvalue weighted by molar-refractivity contribution is -0.128. The Balaban J connectivity index is 1.66. The minimum atomic E-state index is 0.117. The van der Waals surface area contributed by atoms with Crippen molar-refractivity contribution >= 4 is 33.7 Å². The summed E-state index contributed by atoms with van der Waals surface area (Å²) >= 11 is 1.31. The van der Waals surface area contributed by atoms with Crippen molar-refractivity contribution in [2.75, 3.05) is 12.3 Å². The van der Waals surface area contributed by atoms with Crippen LogP contribution in [0.15, 0.2) is 36.5 Å². The van der Waals surface area contributed by atoms with Crippen LogP contribution in [0.4, 0.5) is 0 Å². The Morgan fingerprint density at radius 1 is 1.41 bits per heavy atom. The number of fused-ring (bicyclic) bond motifs is 1. The monoisotopic (exact) mass is 314 g/mol. The van der Waals surface area contributed by atoms with E-state index in [0.29, 0.717) is 13.0 Å². The standard InChI is InChI=1S/C17H18N2O2S/c1-12(20)22-11-14-8-17(21)19(10-14)9-13-4-5-15-3-2-6-18-16(15)7-13/h2-7,14H,8-11H2,1H3. The molecule has 0 radical (unpaired) electrons. The highest BCUT2D eigenvalue weighted by Crippen LogP contribution is 2.24. The predicted molar refractivity (Wildman–Crippen MR) is 88.4 cm³/mol. The van der Waals surface area contributed by atoms with Gasteiger partial charge in [-0.1, -0.05) is 30.0 Å². The van der Waals surface area contributed by atoms with Gasteiger partial charge in [-0.2, -0.15) is 0 Å². The van der Waals surface area contributed by atoms with Gasteiger partial charge in [0.2, 0.25) is 5.91 Å².